The third kappa shape index (κ3) is 4.89. The van der Waals surface area contributed by atoms with Gasteiger partial charge in [0.1, 0.15) is 5.75 Å². The van der Waals surface area contributed by atoms with Crippen LogP contribution in [0.3, 0.4) is 0 Å². The van der Waals surface area contributed by atoms with Crippen molar-refractivity contribution >= 4 is 0 Å². The molecule has 3 heterocycles. The van der Waals surface area contributed by atoms with Crippen LogP contribution < -0.4 is 4.74 Å². The maximum Gasteiger partial charge on any atom is 0.418 e. The summed E-state index contributed by atoms with van der Waals surface area (Å²) in [4.78, 5) is 4.18. The van der Waals surface area contributed by atoms with Crippen LogP contribution in [0.25, 0.3) is 11.1 Å². The highest BCUT2D eigenvalue weighted by molar-refractivity contribution is 5.68. The van der Waals surface area contributed by atoms with Gasteiger partial charge in [-0.15, -0.1) is 0 Å². The highest BCUT2D eigenvalue weighted by Crippen LogP contribution is 2.47. The number of rotatable bonds is 8. The number of hydrogen-bond acceptors (Lipinski definition) is 4. The van der Waals surface area contributed by atoms with Crippen molar-refractivity contribution in [1.29, 1.82) is 0 Å². The van der Waals surface area contributed by atoms with Crippen molar-refractivity contribution < 1.29 is 28.1 Å². The van der Waals surface area contributed by atoms with Crippen LogP contribution in [-0.4, -0.2) is 38.1 Å². The van der Waals surface area contributed by atoms with E-state index < -0.39 is 36.3 Å². The zero-order chi connectivity index (χ0) is 26.3. The van der Waals surface area contributed by atoms with Crippen molar-refractivity contribution in [1.82, 2.24) is 9.55 Å². The van der Waals surface area contributed by atoms with Crippen LogP contribution in [0.1, 0.15) is 62.6 Å². The zero-order valence-electron chi connectivity index (χ0n) is 21.1. The fourth-order valence-corrected chi connectivity index (χ4v) is 5.32. The summed E-state index contributed by atoms with van der Waals surface area (Å²) in [6.07, 6.45) is -0.265. The van der Waals surface area contributed by atoms with E-state index in [-0.39, 0.29) is 0 Å². The molecule has 1 aromatic carbocycles. The van der Waals surface area contributed by atoms with Crippen molar-refractivity contribution in [3.63, 3.8) is 0 Å². The fourth-order valence-electron chi connectivity index (χ4n) is 5.32. The summed E-state index contributed by atoms with van der Waals surface area (Å²) < 4.78 is 50.8. The number of aromatic nitrogens is 2. The molecule has 8 heteroatoms. The van der Waals surface area contributed by atoms with Gasteiger partial charge in [0, 0.05) is 47.4 Å². The largest absolute Gasteiger partial charge is 0.493 e. The molecule has 1 aliphatic rings. The standard InChI is InChI=1S/C28H33F3N2O3/c1-5-24-22(18(2)34)8-11-33(24)17-27(35,28(29,30)31)16-26(3,4)23-14-21(20-7-6-10-32-15-20)13-19-9-12-36-25(19)23/h6-8,10-11,13-15,18,34-35H,5,9,12,16-17H2,1-4H3. The molecule has 5 nitrogen and oxygen atoms in total. The Labute approximate surface area is 209 Å². The van der Waals surface area contributed by atoms with Crippen molar-refractivity contribution in [2.75, 3.05) is 6.61 Å². The van der Waals surface area contributed by atoms with E-state index >= 15 is 0 Å². The Kier molecular flexibility index (Phi) is 6.96. The normalized spacial score (nSPS) is 16.4. The fraction of sp³-hybridized carbons (Fsp3) is 0.464. The lowest BCUT2D eigenvalue weighted by Crippen LogP contribution is -2.52. The molecule has 2 unspecified atom stereocenters. The molecule has 3 aromatic rings. The number of hydrogen-bond donors (Lipinski definition) is 2. The summed E-state index contributed by atoms with van der Waals surface area (Å²) in [6, 6.07) is 9.20. The lowest BCUT2D eigenvalue weighted by molar-refractivity contribution is -0.271. The quantitative estimate of drug-likeness (QED) is 0.411. The van der Waals surface area contributed by atoms with Crippen molar-refractivity contribution in [2.24, 2.45) is 0 Å². The van der Waals surface area contributed by atoms with Crippen LogP contribution in [0.2, 0.25) is 0 Å². The predicted octanol–water partition coefficient (Wildman–Crippen LogP) is 5.76. The first-order valence-electron chi connectivity index (χ1n) is 12.2. The molecular formula is C28H33F3N2O3. The van der Waals surface area contributed by atoms with Crippen LogP contribution in [0.15, 0.2) is 48.9 Å². The number of aliphatic hydroxyl groups excluding tert-OH is 1. The van der Waals surface area contributed by atoms with Crippen molar-refractivity contribution in [3.05, 3.63) is 71.3 Å². The number of aliphatic hydroxyl groups is 2. The van der Waals surface area contributed by atoms with Crippen molar-refractivity contribution in [2.45, 2.75) is 76.8 Å². The topological polar surface area (TPSA) is 67.5 Å². The highest BCUT2D eigenvalue weighted by atomic mass is 19.4. The molecule has 36 heavy (non-hydrogen) atoms. The molecule has 0 bridgehead atoms. The zero-order valence-corrected chi connectivity index (χ0v) is 21.1. The number of benzene rings is 1. The third-order valence-corrected chi connectivity index (χ3v) is 7.10. The number of ether oxygens (including phenoxy) is 1. The third-order valence-electron chi connectivity index (χ3n) is 7.10. The first kappa shape index (κ1) is 26.2. The minimum Gasteiger partial charge on any atom is -0.493 e. The summed E-state index contributed by atoms with van der Waals surface area (Å²) in [5, 5.41) is 21.3. The van der Waals surface area contributed by atoms with Gasteiger partial charge in [-0.05, 0) is 60.6 Å². The van der Waals surface area contributed by atoms with Gasteiger partial charge in [-0.3, -0.25) is 4.98 Å². The van der Waals surface area contributed by atoms with E-state index in [9.17, 15) is 23.4 Å². The van der Waals surface area contributed by atoms with Crippen LogP contribution >= 0.6 is 0 Å². The molecular weight excluding hydrogens is 469 g/mol. The van der Waals surface area contributed by atoms with Gasteiger partial charge < -0.3 is 19.5 Å². The molecule has 2 atom stereocenters. The van der Waals surface area contributed by atoms with Crippen LogP contribution in [-0.2, 0) is 24.8 Å². The smallest absolute Gasteiger partial charge is 0.418 e. The van der Waals surface area contributed by atoms with E-state index in [1.807, 2.05) is 31.2 Å². The Morgan fingerprint density at radius 2 is 1.92 bits per heavy atom. The summed E-state index contributed by atoms with van der Waals surface area (Å²) in [7, 11) is 0. The summed E-state index contributed by atoms with van der Waals surface area (Å²) >= 11 is 0. The molecule has 0 aliphatic carbocycles. The predicted molar refractivity (Wildman–Crippen MR) is 132 cm³/mol. The van der Waals surface area contributed by atoms with Gasteiger partial charge in [0.2, 0.25) is 0 Å². The maximum atomic E-state index is 14.5. The SMILES string of the molecule is CCc1c(C(C)O)ccn1CC(O)(CC(C)(C)c1cc(-c2cccnc2)cc2c1OCC2)C(F)(F)F. The van der Waals surface area contributed by atoms with Gasteiger partial charge >= 0.3 is 6.18 Å². The van der Waals surface area contributed by atoms with E-state index in [1.165, 1.54) is 10.8 Å². The van der Waals surface area contributed by atoms with Crippen LogP contribution in [0.4, 0.5) is 13.2 Å². The maximum absolute atomic E-state index is 14.5. The monoisotopic (exact) mass is 502 g/mol. The Morgan fingerprint density at radius 3 is 2.53 bits per heavy atom. The molecule has 0 spiro atoms. The van der Waals surface area contributed by atoms with Gasteiger partial charge in [0.05, 0.1) is 19.3 Å². The van der Waals surface area contributed by atoms with E-state index in [4.69, 9.17) is 4.74 Å². The molecule has 0 amide bonds. The molecule has 0 fully saturated rings. The first-order chi connectivity index (χ1) is 16.9. The number of nitrogens with zero attached hydrogens (tertiary/aromatic N) is 2. The molecule has 2 aromatic heterocycles. The Balaban J connectivity index is 1.76. The first-order valence-corrected chi connectivity index (χ1v) is 12.2. The van der Waals surface area contributed by atoms with Crippen LogP contribution in [0, 0.1) is 0 Å². The van der Waals surface area contributed by atoms with Gasteiger partial charge in [-0.25, -0.2) is 0 Å². The highest BCUT2D eigenvalue weighted by Gasteiger charge is 2.56. The van der Waals surface area contributed by atoms with E-state index in [1.54, 1.807) is 39.2 Å². The van der Waals surface area contributed by atoms with Gasteiger partial charge in [0.15, 0.2) is 5.60 Å². The summed E-state index contributed by atoms with van der Waals surface area (Å²) in [5.41, 5.74) is 0.341. The summed E-state index contributed by atoms with van der Waals surface area (Å²) in [5.74, 6) is 0.601. The van der Waals surface area contributed by atoms with E-state index in [0.717, 1.165) is 16.7 Å². The van der Waals surface area contributed by atoms with Crippen LogP contribution in [0.5, 0.6) is 5.75 Å². The molecule has 0 saturated heterocycles. The van der Waals surface area contributed by atoms with Gasteiger partial charge in [-0.2, -0.15) is 13.2 Å². The minimum absolute atomic E-state index is 0.430. The molecule has 2 N–H and O–H groups in total. The average molecular weight is 503 g/mol. The Morgan fingerprint density at radius 1 is 1.17 bits per heavy atom. The molecule has 0 radical (unpaired) electrons. The van der Waals surface area contributed by atoms with Crippen molar-refractivity contribution in [3.8, 4) is 16.9 Å². The molecule has 0 saturated carbocycles. The molecule has 194 valence electrons. The lowest BCUT2D eigenvalue weighted by atomic mass is 9.73. The lowest BCUT2D eigenvalue weighted by Gasteiger charge is -2.39. The number of halogens is 3. The number of pyridine rings is 1. The Bertz CT molecular complexity index is 1220. The second kappa shape index (κ2) is 9.56. The number of fused-ring (bicyclic) bond motifs is 1. The number of alkyl halides is 3. The van der Waals surface area contributed by atoms with Gasteiger partial charge in [-0.1, -0.05) is 26.8 Å². The minimum atomic E-state index is -4.88. The van der Waals surface area contributed by atoms with E-state index in [0.29, 0.717) is 42.0 Å². The second-order valence-electron chi connectivity index (χ2n) is 10.3. The second-order valence-corrected chi connectivity index (χ2v) is 10.3. The van der Waals surface area contributed by atoms with E-state index in [2.05, 4.69) is 4.98 Å². The molecule has 4 rings (SSSR count). The average Bonchev–Trinajstić information content (AvgIpc) is 3.44. The Hall–Kier alpha value is -2.84. The van der Waals surface area contributed by atoms with Gasteiger partial charge in [0.25, 0.3) is 0 Å². The summed E-state index contributed by atoms with van der Waals surface area (Å²) in [6.45, 7) is 6.62. The molecule has 1 aliphatic heterocycles.